The lowest BCUT2D eigenvalue weighted by Crippen LogP contribution is -2.18. The Balaban J connectivity index is 1.81. The number of nitrogen functional groups attached to an aromatic ring is 1. The summed E-state index contributed by atoms with van der Waals surface area (Å²) in [6.07, 6.45) is 0. The Morgan fingerprint density at radius 1 is 0.909 bits per heavy atom. The molecule has 0 aliphatic carbocycles. The molecular formula is C26H25N3O4. The second-order valence-corrected chi connectivity index (χ2v) is 7.76. The first-order chi connectivity index (χ1) is 15.8. The van der Waals surface area contributed by atoms with E-state index < -0.39 is 0 Å². The number of anilines is 2. The van der Waals surface area contributed by atoms with Crippen LogP contribution in [0.25, 0.3) is 10.9 Å². The van der Waals surface area contributed by atoms with Gasteiger partial charge in [0.1, 0.15) is 5.82 Å². The molecule has 3 N–H and O–H groups in total. The SMILES string of the molecule is COc1ccc(C(=O)n2c(N)c(C(=O)Nc3ccc(C)cc3C)c3ccccc32)cc1OC. The van der Waals surface area contributed by atoms with E-state index in [0.717, 1.165) is 11.1 Å². The fraction of sp³-hybridized carbons (Fsp3) is 0.154. The van der Waals surface area contributed by atoms with Crippen molar-refractivity contribution < 1.29 is 19.1 Å². The van der Waals surface area contributed by atoms with Crippen LogP contribution in [0.15, 0.2) is 60.7 Å². The minimum atomic E-state index is -0.380. The van der Waals surface area contributed by atoms with Crippen LogP contribution in [0, 0.1) is 13.8 Å². The number of aryl methyl sites for hydroxylation is 2. The molecule has 4 rings (SSSR count). The van der Waals surface area contributed by atoms with Crippen LogP contribution in [0.3, 0.4) is 0 Å². The molecule has 0 radical (unpaired) electrons. The minimum absolute atomic E-state index is 0.0678. The van der Waals surface area contributed by atoms with Gasteiger partial charge in [-0.2, -0.15) is 0 Å². The molecule has 7 nitrogen and oxygen atoms in total. The number of carbonyl (C=O) groups is 2. The summed E-state index contributed by atoms with van der Waals surface area (Å²) in [5.41, 5.74) is 10.3. The third kappa shape index (κ3) is 3.89. The Bertz CT molecular complexity index is 1390. The van der Waals surface area contributed by atoms with Gasteiger partial charge in [0.25, 0.3) is 11.8 Å². The van der Waals surface area contributed by atoms with Crippen molar-refractivity contribution >= 4 is 34.2 Å². The molecule has 0 bridgehead atoms. The number of aromatic nitrogens is 1. The van der Waals surface area contributed by atoms with E-state index in [1.54, 1.807) is 42.5 Å². The van der Waals surface area contributed by atoms with Crippen molar-refractivity contribution in [2.75, 3.05) is 25.3 Å². The highest BCUT2D eigenvalue weighted by atomic mass is 16.5. The van der Waals surface area contributed by atoms with E-state index in [1.807, 2.05) is 32.0 Å². The molecular weight excluding hydrogens is 418 g/mol. The standard InChI is InChI=1S/C26H25N3O4/c1-15-9-11-19(16(2)13-15)28-25(30)23-18-7-5-6-8-20(18)29(24(23)27)26(31)17-10-12-21(32-3)22(14-17)33-4/h5-14H,27H2,1-4H3,(H,28,30). The van der Waals surface area contributed by atoms with Gasteiger partial charge in [0.15, 0.2) is 11.5 Å². The molecule has 4 aromatic rings. The molecule has 0 spiro atoms. The monoisotopic (exact) mass is 443 g/mol. The lowest BCUT2D eigenvalue weighted by Gasteiger charge is -2.11. The number of amides is 1. The number of ether oxygens (including phenoxy) is 2. The lowest BCUT2D eigenvalue weighted by atomic mass is 10.1. The van der Waals surface area contributed by atoms with Gasteiger partial charge in [-0.05, 0) is 49.7 Å². The van der Waals surface area contributed by atoms with Crippen molar-refractivity contribution in [3.8, 4) is 11.5 Å². The lowest BCUT2D eigenvalue weighted by molar-refractivity contribution is 0.0967. The number of rotatable bonds is 5. The Kier molecular flexibility index (Phi) is 5.79. The van der Waals surface area contributed by atoms with E-state index in [2.05, 4.69) is 5.32 Å². The number of benzene rings is 3. The second kappa shape index (κ2) is 8.70. The largest absolute Gasteiger partial charge is 0.493 e. The van der Waals surface area contributed by atoms with Crippen molar-refractivity contribution in [1.29, 1.82) is 0 Å². The highest BCUT2D eigenvalue weighted by Crippen LogP contribution is 2.32. The van der Waals surface area contributed by atoms with E-state index in [1.165, 1.54) is 18.8 Å². The van der Waals surface area contributed by atoms with Crippen LogP contribution in [0.1, 0.15) is 31.8 Å². The van der Waals surface area contributed by atoms with Gasteiger partial charge in [-0.3, -0.25) is 14.2 Å². The van der Waals surface area contributed by atoms with Gasteiger partial charge in [0.2, 0.25) is 0 Å². The maximum absolute atomic E-state index is 13.5. The molecule has 7 heteroatoms. The third-order valence-electron chi connectivity index (χ3n) is 5.60. The van der Waals surface area contributed by atoms with Crippen LogP contribution in [0.4, 0.5) is 11.5 Å². The number of nitrogens with zero attached hydrogens (tertiary/aromatic N) is 1. The number of nitrogens with one attached hydrogen (secondary N) is 1. The molecule has 0 aliphatic heterocycles. The third-order valence-corrected chi connectivity index (χ3v) is 5.60. The molecule has 0 saturated carbocycles. The van der Waals surface area contributed by atoms with E-state index in [0.29, 0.717) is 33.7 Å². The van der Waals surface area contributed by atoms with Crippen molar-refractivity contribution in [3.05, 3.63) is 82.9 Å². The number of nitrogens with two attached hydrogens (primary N) is 1. The van der Waals surface area contributed by atoms with Crippen molar-refractivity contribution in [1.82, 2.24) is 4.57 Å². The van der Waals surface area contributed by atoms with Crippen LogP contribution in [0.5, 0.6) is 11.5 Å². The van der Waals surface area contributed by atoms with Gasteiger partial charge in [-0.15, -0.1) is 0 Å². The zero-order chi connectivity index (χ0) is 23.7. The topological polar surface area (TPSA) is 95.6 Å². The average molecular weight is 444 g/mol. The summed E-state index contributed by atoms with van der Waals surface area (Å²) >= 11 is 0. The van der Waals surface area contributed by atoms with Crippen LogP contribution in [-0.2, 0) is 0 Å². The summed E-state index contributed by atoms with van der Waals surface area (Å²) in [6, 6.07) is 17.8. The van der Waals surface area contributed by atoms with Gasteiger partial charge in [0, 0.05) is 16.6 Å². The zero-order valence-electron chi connectivity index (χ0n) is 18.9. The number of carbonyl (C=O) groups excluding carboxylic acids is 2. The summed E-state index contributed by atoms with van der Waals surface area (Å²) in [6.45, 7) is 3.92. The smallest absolute Gasteiger partial charge is 0.264 e. The molecule has 0 unspecified atom stereocenters. The van der Waals surface area contributed by atoms with Gasteiger partial charge in [-0.1, -0.05) is 35.9 Å². The van der Waals surface area contributed by atoms with Crippen molar-refractivity contribution in [3.63, 3.8) is 0 Å². The average Bonchev–Trinajstić information content (AvgIpc) is 3.11. The molecule has 1 aromatic heterocycles. The fourth-order valence-corrected chi connectivity index (χ4v) is 3.95. The predicted octanol–water partition coefficient (Wildman–Crippen LogP) is 4.80. The van der Waals surface area contributed by atoms with Crippen LogP contribution < -0.4 is 20.5 Å². The van der Waals surface area contributed by atoms with Crippen molar-refractivity contribution in [2.24, 2.45) is 0 Å². The van der Waals surface area contributed by atoms with Crippen LogP contribution >= 0.6 is 0 Å². The summed E-state index contributed by atoms with van der Waals surface area (Å²) < 4.78 is 11.9. The molecule has 3 aromatic carbocycles. The normalized spacial score (nSPS) is 10.8. The molecule has 0 aliphatic rings. The quantitative estimate of drug-likeness (QED) is 0.462. The van der Waals surface area contributed by atoms with Gasteiger partial charge in [-0.25, -0.2) is 0 Å². The Labute approximate surface area is 191 Å². The zero-order valence-corrected chi connectivity index (χ0v) is 18.9. The minimum Gasteiger partial charge on any atom is -0.493 e. The first kappa shape index (κ1) is 22.0. The highest BCUT2D eigenvalue weighted by Gasteiger charge is 2.25. The van der Waals surface area contributed by atoms with Crippen LogP contribution in [-0.4, -0.2) is 30.6 Å². The summed E-state index contributed by atoms with van der Waals surface area (Å²) in [5.74, 6) is 0.238. The number of para-hydroxylation sites is 1. The first-order valence-corrected chi connectivity index (χ1v) is 10.4. The number of methoxy groups -OCH3 is 2. The molecule has 1 amide bonds. The number of fused-ring (bicyclic) bond motifs is 1. The Hall–Kier alpha value is -4.26. The highest BCUT2D eigenvalue weighted by molar-refractivity contribution is 6.20. The van der Waals surface area contributed by atoms with Gasteiger partial charge in [0.05, 0.1) is 25.3 Å². The van der Waals surface area contributed by atoms with E-state index in [4.69, 9.17) is 15.2 Å². The maximum atomic E-state index is 13.5. The maximum Gasteiger partial charge on any atom is 0.264 e. The molecule has 0 atom stereocenters. The predicted molar refractivity (Wildman–Crippen MR) is 129 cm³/mol. The van der Waals surface area contributed by atoms with Gasteiger partial charge < -0.3 is 20.5 Å². The molecule has 0 fully saturated rings. The summed E-state index contributed by atoms with van der Waals surface area (Å²) in [4.78, 5) is 26.8. The Morgan fingerprint density at radius 3 is 2.33 bits per heavy atom. The summed E-state index contributed by atoms with van der Waals surface area (Å²) in [5, 5.41) is 3.52. The molecule has 1 heterocycles. The first-order valence-electron chi connectivity index (χ1n) is 10.4. The van der Waals surface area contributed by atoms with E-state index in [9.17, 15) is 9.59 Å². The fourth-order valence-electron chi connectivity index (χ4n) is 3.95. The van der Waals surface area contributed by atoms with E-state index in [-0.39, 0.29) is 23.2 Å². The second-order valence-electron chi connectivity index (χ2n) is 7.76. The van der Waals surface area contributed by atoms with E-state index >= 15 is 0 Å². The van der Waals surface area contributed by atoms with Crippen LogP contribution in [0.2, 0.25) is 0 Å². The number of hydrogen-bond acceptors (Lipinski definition) is 5. The molecule has 33 heavy (non-hydrogen) atoms. The van der Waals surface area contributed by atoms with Gasteiger partial charge >= 0.3 is 0 Å². The Morgan fingerprint density at radius 2 is 1.64 bits per heavy atom. The molecule has 0 saturated heterocycles. The number of hydrogen-bond donors (Lipinski definition) is 2. The van der Waals surface area contributed by atoms with Crippen molar-refractivity contribution in [2.45, 2.75) is 13.8 Å². The molecule has 168 valence electrons. The summed E-state index contributed by atoms with van der Waals surface area (Å²) in [7, 11) is 3.03.